The minimum atomic E-state index is 0.409. The average molecular weight is 347 g/mol. The predicted molar refractivity (Wildman–Crippen MR) is 91.1 cm³/mol. The summed E-state index contributed by atoms with van der Waals surface area (Å²) >= 11 is 11.9. The lowest BCUT2D eigenvalue weighted by Gasteiger charge is -2.08. The van der Waals surface area contributed by atoms with Gasteiger partial charge >= 0.3 is 0 Å². The number of nitrogens with one attached hydrogen (secondary N) is 2. The van der Waals surface area contributed by atoms with E-state index in [1.807, 2.05) is 12.1 Å². The maximum absolute atomic E-state index is 5.97. The highest BCUT2D eigenvalue weighted by Crippen LogP contribution is 2.24. The van der Waals surface area contributed by atoms with Crippen molar-refractivity contribution in [1.82, 2.24) is 20.2 Å². The van der Waals surface area contributed by atoms with Gasteiger partial charge in [0, 0.05) is 34.7 Å². The number of aromatic nitrogens is 4. The first-order valence-electron chi connectivity index (χ1n) is 6.75. The van der Waals surface area contributed by atoms with Crippen molar-refractivity contribution in [3.8, 4) is 0 Å². The highest BCUT2D eigenvalue weighted by Gasteiger charge is 2.03. The molecule has 116 valence electrons. The standard InChI is InChI=1S/C15H12Cl2N6/c16-11-4-12(17)6-13(5-11)21-14-9-20-23-15(22-14)19-8-10-2-1-3-18-7-10/h1-7,9H,8H2,(H2,19,21,22,23). The van der Waals surface area contributed by atoms with Crippen molar-refractivity contribution in [2.24, 2.45) is 0 Å². The van der Waals surface area contributed by atoms with Crippen LogP contribution >= 0.6 is 23.2 Å². The van der Waals surface area contributed by atoms with Crippen LogP contribution in [0.15, 0.2) is 48.9 Å². The highest BCUT2D eigenvalue weighted by atomic mass is 35.5. The molecule has 2 aromatic heterocycles. The second-order valence-electron chi connectivity index (χ2n) is 4.66. The summed E-state index contributed by atoms with van der Waals surface area (Å²) in [5.41, 5.74) is 1.75. The zero-order chi connectivity index (χ0) is 16.1. The molecule has 0 aliphatic heterocycles. The van der Waals surface area contributed by atoms with Crippen LogP contribution in [0.3, 0.4) is 0 Å². The normalized spacial score (nSPS) is 10.3. The first-order chi connectivity index (χ1) is 11.2. The second-order valence-corrected chi connectivity index (χ2v) is 5.54. The Morgan fingerprint density at radius 1 is 1.04 bits per heavy atom. The Hall–Kier alpha value is -2.44. The summed E-state index contributed by atoms with van der Waals surface area (Å²) in [6.07, 6.45) is 5.02. The third-order valence-corrected chi connectivity index (χ3v) is 3.30. The van der Waals surface area contributed by atoms with Gasteiger partial charge in [-0.05, 0) is 29.8 Å². The smallest absolute Gasteiger partial charge is 0.244 e. The molecule has 6 nitrogen and oxygen atoms in total. The average Bonchev–Trinajstić information content (AvgIpc) is 2.53. The Morgan fingerprint density at radius 3 is 2.61 bits per heavy atom. The minimum Gasteiger partial charge on any atom is -0.349 e. The SMILES string of the molecule is Clc1cc(Cl)cc(Nc2cnnc(NCc3cccnc3)n2)c1. The maximum Gasteiger partial charge on any atom is 0.244 e. The number of pyridine rings is 1. The van der Waals surface area contributed by atoms with Crippen molar-refractivity contribution in [1.29, 1.82) is 0 Å². The molecule has 0 radical (unpaired) electrons. The Labute approximate surface area is 142 Å². The van der Waals surface area contributed by atoms with Gasteiger partial charge in [0.15, 0.2) is 5.82 Å². The Bertz CT molecular complexity index is 777. The molecule has 0 unspecified atom stereocenters. The molecule has 0 spiro atoms. The summed E-state index contributed by atoms with van der Waals surface area (Å²) in [5, 5.41) is 15.1. The van der Waals surface area contributed by atoms with Crippen LogP contribution in [-0.2, 0) is 6.54 Å². The van der Waals surface area contributed by atoms with Crippen molar-refractivity contribution in [2.45, 2.75) is 6.54 Å². The van der Waals surface area contributed by atoms with Crippen molar-refractivity contribution in [3.63, 3.8) is 0 Å². The number of rotatable bonds is 5. The fraction of sp³-hybridized carbons (Fsp3) is 0.0667. The van der Waals surface area contributed by atoms with Gasteiger partial charge in [0.25, 0.3) is 0 Å². The van der Waals surface area contributed by atoms with Gasteiger partial charge in [0.05, 0.1) is 6.20 Å². The van der Waals surface area contributed by atoms with Crippen molar-refractivity contribution >= 4 is 40.7 Å². The van der Waals surface area contributed by atoms with E-state index >= 15 is 0 Å². The first kappa shape index (κ1) is 15.5. The number of hydrogen-bond donors (Lipinski definition) is 2. The Kier molecular flexibility index (Phi) is 4.85. The monoisotopic (exact) mass is 346 g/mol. The van der Waals surface area contributed by atoms with Crippen LogP contribution < -0.4 is 10.6 Å². The minimum absolute atomic E-state index is 0.409. The zero-order valence-corrected chi connectivity index (χ0v) is 13.4. The summed E-state index contributed by atoms with van der Waals surface area (Å²) in [6.45, 7) is 0.558. The van der Waals surface area contributed by atoms with Gasteiger partial charge in [-0.25, -0.2) is 0 Å². The quantitative estimate of drug-likeness (QED) is 0.728. The van der Waals surface area contributed by atoms with Crippen molar-refractivity contribution < 1.29 is 0 Å². The molecule has 1 aromatic carbocycles. The molecule has 0 saturated carbocycles. The predicted octanol–water partition coefficient (Wildman–Crippen LogP) is 3.93. The lowest BCUT2D eigenvalue weighted by Crippen LogP contribution is -2.06. The van der Waals surface area contributed by atoms with Gasteiger partial charge in [-0.1, -0.05) is 29.3 Å². The van der Waals surface area contributed by atoms with Gasteiger partial charge in [-0.3, -0.25) is 4.98 Å². The molecule has 2 heterocycles. The van der Waals surface area contributed by atoms with Crippen LogP contribution in [0.1, 0.15) is 5.56 Å². The Morgan fingerprint density at radius 2 is 1.87 bits per heavy atom. The molecule has 0 amide bonds. The van der Waals surface area contributed by atoms with Gasteiger partial charge in [-0.2, -0.15) is 10.1 Å². The van der Waals surface area contributed by atoms with Crippen LogP contribution in [0.25, 0.3) is 0 Å². The van der Waals surface area contributed by atoms with E-state index in [1.54, 1.807) is 30.6 Å². The molecule has 0 atom stereocenters. The number of halogens is 2. The summed E-state index contributed by atoms with van der Waals surface area (Å²) in [6, 6.07) is 8.99. The lowest BCUT2D eigenvalue weighted by molar-refractivity contribution is 0.946. The van der Waals surface area contributed by atoms with E-state index in [4.69, 9.17) is 23.2 Å². The third kappa shape index (κ3) is 4.51. The molecular formula is C15H12Cl2N6. The lowest BCUT2D eigenvalue weighted by atomic mass is 10.3. The van der Waals surface area contributed by atoms with E-state index in [-0.39, 0.29) is 0 Å². The van der Waals surface area contributed by atoms with E-state index in [2.05, 4.69) is 30.8 Å². The van der Waals surface area contributed by atoms with Crippen LogP contribution in [0.2, 0.25) is 10.0 Å². The van der Waals surface area contributed by atoms with Gasteiger partial charge in [0.1, 0.15) is 0 Å². The van der Waals surface area contributed by atoms with Crippen LogP contribution in [0.4, 0.5) is 17.5 Å². The third-order valence-electron chi connectivity index (χ3n) is 2.87. The molecule has 2 N–H and O–H groups in total. The molecule has 3 aromatic rings. The number of nitrogens with zero attached hydrogens (tertiary/aromatic N) is 4. The summed E-state index contributed by atoms with van der Waals surface area (Å²) in [4.78, 5) is 8.39. The van der Waals surface area contributed by atoms with Crippen LogP contribution in [-0.4, -0.2) is 20.2 Å². The molecule has 23 heavy (non-hydrogen) atoms. The molecule has 3 rings (SSSR count). The number of benzene rings is 1. The molecular weight excluding hydrogens is 335 g/mol. The second kappa shape index (κ2) is 7.21. The number of hydrogen-bond acceptors (Lipinski definition) is 6. The van der Waals surface area contributed by atoms with Crippen molar-refractivity contribution in [2.75, 3.05) is 10.6 Å². The van der Waals surface area contributed by atoms with Crippen LogP contribution in [0, 0.1) is 0 Å². The fourth-order valence-corrected chi connectivity index (χ4v) is 2.42. The number of anilines is 3. The van der Waals surface area contributed by atoms with Gasteiger partial charge in [0.2, 0.25) is 5.95 Å². The van der Waals surface area contributed by atoms with E-state index < -0.39 is 0 Å². The van der Waals surface area contributed by atoms with Gasteiger partial charge in [-0.15, -0.1) is 5.10 Å². The fourth-order valence-electron chi connectivity index (χ4n) is 1.90. The molecule has 8 heteroatoms. The van der Waals surface area contributed by atoms with E-state index in [0.29, 0.717) is 28.4 Å². The summed E-state index contributed by atoms with van der Waals surface area (Å²) in [5.74, 6) is 0.944. The maximum atomic E-state index is 5.97. The van der Waals surface area contributed by atoms with Gasteiger partial charge < -0.3 is 10.6 Å². The zero-order valence-electron chi connectivity index (χ0n) is 11.9. The van der Waals surface area contributed by atoms with E-state index in [0.717, 1.165) is 11.3 Å². The Balaban J connectivity index is 1.69. The van der Waals surface area contributed by atoms with Crippen molar-refractivity contribution in [3.05, 3.63) is 64.5 Å². The largest absolute Gasteiger partial charge is 0.349 e. The first-order valence-corrected chi connectivity index (χ1v) is 7.50. The molecule has 0 aliphatic carbocycles. The van der Waals surface area contributed by atoms with Crippen LogP contribution in [0.5, 0.6) is 0 Å². The highest BCUT2D eigenvalue weighted by molar-refractivity contribution is 6.35. The van der Waals surface area contributed by atoms with E-state index in [1.165, 1.54) is 6.20 Å². The molecule has 0 bridgehead atoms. The molecule has 0 fully saturated rings. The molecule has 0 saturated heterocycles. The molecule has 0 aliphatic rings. The summed E-state index contributed by atoms with van der Waals surface area (Å²) in [7, 11) is 0. The topological polar surface area (TPSA) is 75.6 Å². The van der Waals surface area contributed by atoms with E-state index in [9.17, 15) is 0 Å². The summed E-state index contributed by atoms with van der Waals surface area (Å²) < 4.78 is 0.